The Balaban J connectivity index is 1.92. The van der Waals surface area contributed by atoms with Crippen molar-refractivity contribution in [1.82, 2.24) is 0 Å². The van der Waals surface area contributed by atoms with Gasteiger partial charge >= 0.3 is 8.56 Å². The van der Waals surface area contributed by atoms with Crippen molar-refractivity contribution < 1.29 is 0 Å². The van der Waals surface area contributed by atoms with Crippen LogP contribution in [0.4, 0.5) is 17.1 Å². The van der Waals surface area contributed by atoms with E-state index in [0.29, 0.717) is 0 Å². The molecule has 0 saturated carbocycles. The summed E-state index contributed by atoms with van der Waals surface area (Å²) in [5, 5.41) is 0. The fourth-order valence-corrected chi connectivity index (χ4v) is 4.85. The van der Waals surface area contributed by atoms with E-state index >= 15 is 0 Å². The Labute approximate surface area is 144 Å². The van der Waals surface area contributed by atoms with Crippen molar-refractivity contribution in [3.8, 4) is 0 Å². The number of nitrogens with one attached hydrogen (secondary N) is 3. The average molecular weight is 331 g/mol. The van der Waals surface area contributed by atoms with Crippen molar-refractivity contribution in [3.63, 3.8) is 0 Å². The predicted molar refractivity (Wildman–Crippen MR) is 106 cm³/mol. The minimum Gasteiger partial charge on any atom is -0.375 e. The third-order valence-electron chi connectivity index (χ3n) is 3.65. The van der Waals surface area contributed by atoms with E-state index < -0.39 is 8.56 Å². The van der Waals surface area contributed by atoms with E-state index in [0.717, 1.165) is 17.1 Å². The van der Waals surface area contributed by atoms with E-state index in [-0.39, 0.29) is 0 Å². The molecule has 120 valence electrons. The molecule has 0 amide bonds. The Morgan fingerprint density at radius 1 is 0.542 bits per heavy atom. The van der Waals surface area contributed by atoms with Crippen molar-refractivity contribution in [2.24, 2.45) is 0 Å². The van der Waals surface area contributed by atoms with E-state index in [4.69, 9.17) is 0 Å². The molecule has 0 radical (unpaired) electrons. The standard InChI is InChI=1S/C20H21N3Si/c1-2-24(21-18-12-6-3-7-13-18,22-19-14-8-4-9-15-19)23-20-16-10-5-11-17-20/h2-17,21-23H,1H2. The maximum Gasteiger partial charge on any atom is 0.398 e. The highest BCUT2D eigenvalue weighted by atomic mass is 28.4. The van der Waals surface area contributed by atoms with E-state index in [1.807, 2.05) is 60.3 Å². The van der Waals surface area contributed by atoms with E-state index in [1.165, 1.54) is 0 Å². The van der Waals surface area contributed by atoms with Crippen molar-refractivity contribution in [2.45, 2.75) is 0 Å². The van der Waals surface area contributed by atoms with Crippen LogP contribution in [-0.2, 0) is 0 Å². The first-order valence-corrected chi connectivity index (χ1v) is 10.0. The summed E-state index contributed by atoms with van der Waals surface area (Å²) in [4.78, 5) is 10.9. The molecular weight excluding hydrogens is 310 g/mol. The van der Waals surface area contributed by atoms with E-state index in [2.05, 4.69) is 57.9 Å². The molecule has 0 unspecified atom stereocenters. The first kappa shape index (κ1) is 15.9. The molecule has 0 fully saturated rings. The summed E-state index contributed by atoms with van der Waals surface area (Å²) in [5.41, 5.74) is 5.13. The van der Waals surface area contributed by atoms with Crippen molar-refractivity contribution >= 4 is 25.6 Å². The van der Waals surface area contributed by atoms with Gasteiger partial charge in [-0.05, 0) is 42.1 Å². The van der Waals surface area contributed by atoms with E-state index in [9.17, 15) is 0 Å². The summed E-state index contributed by atoms with van der Waals surface area (Å²) >= 11 is 0. The summed E-state index contributed by atoms with van der Waals surface area (Å²) in [6, 6.07) is 30.5. The second-order valence-electron chi connectivity index (χ2n) is 5.49. The number of rotatable bonds is 7. The molecule has 0 heterocycles. The van der Waals surface area contributed by atoms with Crippen LogP contribution >= 0.6 is 0 Å². The Morgan fingerprint density at radius 3 is 1.08 bits per heavy atom. The Bertz CT molecular complexity index is 659. The lowest BCUT2D eigenvalue weighted by Gasteiger charge is -2.32. The molecule has 0 aliphatic rings. The topological polar surface area (TPSA) is 36.1 Å². The molecule has 0 saturated heterocycles. The minimum atomic E-state index is -2.48. The van der Waals surface area contributed by atoms with Crippen molar-refractivity contribution in [2.75, 3.05) is 14.9 Å². The number of benzene rings is 3. The predicted octanol–water partition coefficient (Wildman–Crippen LogP) is 4.99. The normalized spacial score (nSPS) is 10.7. The molecule has 3 aromatic carbocycles. The fourth-order valence-electron chi connectivity index (χ4n) is 2.49. The van der Waals surface area contributed by atoms with Crippen LogP contribution < -0.4 is 14.9 Å². The molecule has 3 aromatic rings. The van der Waals surface area contributed by atoms with Gasteiger partial charge in [0.15, 0.2) is 0 Å². The lowest BCUT2D eigenvalue weighted by molar-refractivity contribution is 1.51. The molecule has 0 bridgehead atoms. The summed E-state index contributed by atoms with van der Waals surface area (Å²) in [6.07, 6.45) is 0. The zero-order valence-corrected chi connectivity index (χ0v) is 14.4. The number of hydrogen-bond donors (Lipinski definition) is 3. The zero-order valence-electron chi connectivity index (χ0n) is 13.4. The number of anilines is 3. The molecule has 3 nitrogen and oxygen atoms in total. The average Bonchev–Trinajstić information content (AvgIpc) is 2.64. The summed E-state index contributed by atoms with van der Waals surface area (Å²) in [5.74, 6) is 0. The van der Waals surface area contributed by atoms with Crippen LogP contribution in [0.2, 0.25) is 0 Å². The van der Waals surface area contributed by atoms with Crippen LogP contribution in [0.3, 0.4) is 0 Å². The molecule has 0 aromatic heterocycles. The molecule has 3 rings (SSSR count). The van der Waals surface area contributed by atoms with Crippen LogP contribution in [0.25, 0.3) is 0 Å². The molecule has 0 aliphatic carbocycles. The molecule has 3 N–H and O–H groups in total. The zero-order chi connectivity index (χ0) is 16.7. The second kappa shape index (κ2) is 7.52. The van der Waals surface area contributed by atoms with Gasteiger partial charge in [0, 0.05) is 17.1 Å². The van der Waals surface area contributed by atoms with Crippen LogP contribution in [0.1, 0.15) is 0 Å². The van der Waals surface area contributed by atoms with Gasteiger partial charge in [0.1, 0.15) is 0 Å². The molecule has 0 atom stereocenters. The van der Waals surface area contributed by atoms with Gasteiger partial charge in [0.05, 0.1) is 0 Å². The van der Waals surface area contributed by atoms with Crippen molar-refractivity contribution in [3.05, 3.63) is 103 Å². The van der Waals surface area contributed by atoms with Gasteiger partial charge in [0.25, 0.3) is 0 Å². The highest BCUT2D eigenvalue weighted by Gasteiger charge is 2.32. The quantitative estimate of drug-likeness (QED) is 0.534. The van der Waals surface area contributed by atoms with Gasteiger partial charge in [-0.2, -0.15) is 0 Å². The maximum atomic E-state index is 4.10. The third-order valence-corrected chi connectivity index (χ3v) is 6.31. The minimum absolute atomic E-state index is 1.05. The van der Waals surface area contributed by atoms with Gasteiger partial charge in [-0.15, -0.1) is 6.58 Å². The van der Waals surface area contributed by atoms with Crippen LogP contribution in [0.15, 0.2) is 103 Å². The van der Waals surface area contributed by atoms with Crippen LogP contribution in [0.5, 0.6) is 0 Å². The Morgan fingerprint density at radius 2 is 0.833 bits per heavy atom. The lowest BCUT2D eigenvalue weighted by atomic mass is 10.3. The molecular formula is C20H21N3Si. The summed E-state index contributed by atoms with van der Waals surface area (Å²) < 4.78 is 0. The molecule has 0 spiro atoms. The first-order chi connectivity index (χ1) is 11.8. The number of hydrogen-bond acceptors (Lipinski definition) is 3. The summed E-state index contributed by atoms with van der Waals surface area (Å²) in [6.45, 7) is 4.10. The van der Waals surface area contributed by atoms with Gasteiger partial charge in [-0.25, -0.2) is 0 Å². The van der Waals surface area contributed by atoms with Crippen molar-refractivity contribution in [1.29, 1.82) is 0 Å². The van der Waals surface area contributed by atoms with Crippen LogP contribution in [-0.4, -0.2) is 8.56 Å². The largest absolute Gasteiger partial charge is 0.398 e. The first-order valence-electron chi connectivity index (χ1n) is 7.93. The van der Waals surface area contributed by atoms with Gasteiger partial charge in [-0.3, -0.25) is 0 Å². The highest BCUT2D eigenvalue weighted by Crippen LogP contribution is 2.19. The van der Waals surface area contributed by atoms with E-state index in [1.54, 1.807) is 0 Å². The molecule has 24 heavy (non-hydrogen) atoms. The second-order valence-corrected chi connectivity index (χ2v) is 8.26. The van der Waals surface area contributed by atoms with Crippen LogP contribution in [0, 0.1) is 0 Å². The third kappa shape index (κ3) is 4.06. The Hall–Kier alpha value is -2.98. The fraction of sp³-hybridized carbons (Fsp3) is 0. The van der Waals surface area contributed by atoms with Gasteiger partial charge in [-0.1, -0.05) is 54.6 Å². The Kier molecular flexibility index (Phi) is 4.98. The monoisotopic (exact) mass is 331 g/mol. The lowest BCUT2D eigenvalue weighted by Crippen LogP contribution is -2.58. The smallest absolute Gasteiger partial charge is 0.375 e. The van der Waals surface area contributed by atoms with Gasteiger partial charge < -0.3 is 14.9 Å². The van der Waals surface area contributed by atoms with Gasteiger partial charge in [0.2, 0.25) is 0 Å². The molecule has 4 heteroatoms. The number of para-hydroxylation sites is 3. The summed E-state index contributed by atoms with van der Waals surface area (Å²) in [7, 11) is -2.48. The maximum absolute atomic E-state index is 4.10. The molecule has 0 aliphatic heterocycles. The highest BCUT2D eigenvalue weighted by molar-refractivity contribution is 6.92. The SMILES string of the molecule is C=C[Si](Nc1ccccc1)(Nc1ccccc1)Nc1ccccc1.